The van der Waals surface area contributed by atoms with Gasteiger partial charge >= 0.3 is 0 Å². The molecule has 1 unspecified atom stereocenters. The van der Waals surface area contributed by atoms with E-state index in [1.807, 2.05) is 12.1 Å². The number of hydrazine groups is 1. The van der Waals surface area contributed by atoms with Crippen LogP contribution in [-0.2, 0) is 12.8 Å². The van der Waals surface area contributed by atoms with Gasteiger partial charge in [0, 0.05) is 32.8 Å². The second kappa shape index (κ2) is 6.64. The van der Waals surface area contributed by atoms with Gasteiger partial charge in [-0.3, -0.25) is 20.4 Å². The van der Waals surface area contributed by atoms with Gasteiger partial charge in [-0.1, -0.05) is 6.92 Å². The molecule has 0 bridgehead atoms. The second-order valence-corrected chi connectivity index (χ2v) is 7.75. The van der Waals surface area contributed by atoms with Crippen LogP contribution in [0.1, 0.15) is 45.4 Å². The molecule has 0 saturated heterocycles. The first-order valence-corrected chi connectivity index (χ1v) is 9.38. The van der Waals surface area contributed by atoms with Crippen molar-refractivity contribution in [2.24, 2.45) is 5.92 Å². The van der Waals surface area contributed by atoms with E-state index in [1.165, 1.54) is 17.7 Å². The summed E-state index contributed by atoms with van der Waals surface area (Å²) < 4.78 is 0.769. The molecule has 1 atom stereocenters. The Morgan fingerprint density at radius 2 is 2.00 bits per heavy atom. The summed E-state index contributed by atoms with van der Waals surface area (Å²) in [5.41, 5.74) is 9.42. The van der Waals surface area contributed by atoms with Gasteiger partial charge in [-0.25, -0.2) is 0 Å². The number of aryl methyl sites for hydroxylation is 1. The van der Waals surface area contributed by atoms with E-state index in [2.05, 4.69) is 43.7 Å². The number of hydrogen-bond acceptors (Lipinski definition) is 2. The predicted molar refractivity (Wildman–Crippen MR) is 103 cm³/mol. The van der Waals surface area contributed by atoms with E-state index in [1.54, 1.807) is 18.3 Å². The molecule has 134 valence electrons. The van der Waals surface area contributed by atoms with E-state index >= 15 is 0 Å². The summed E-state index contributed by atoms with van der Waals surface area (Å²) in [5.74, 6) is -0.0963. The van der Waals surface area contributed by atoms with E-state index in [4.69, 9.17) is 0 Å². The van der Waals surface area contributed by atoms with Gasteiger partial charge in [0.15, 0.2) is 0 Å². The van der Waals surface area contributed by atoms with Crippen molar-refractivity contribution in [3.63, 3.8) is 0 Å². The lowest BCUT2D eigenvalue weighted by Gasteiger charge is -2.18. The molecule has 4 rings (SSSR count). The highest BCUT2D eigenvalue weighted by Crippen LogP contribution is 2.32. The highest BCUT2D eigenvalue weighted by molar-refractivity contribution is 9.10. The number of H-pyrrole nitrogens is 2. The van der Waals surface area contributed by atoms with E-state index < -0.39 is 5.91 Å². The minimum Gasteiger partial charge on any atom is -0.358 e. The standard InChI is InChI=1S/C19H19BrN4O2/c1-10-2-4-15-13(6-10)14-7-11(3-5-16(14)22-15)18(25)23-24-19(26)17-8-12(20)9-21-17/h3,5,7-10,21-22H,2,4,6H2,1H3,(H,23,25)(H,24,26). The van der Waals surface area contributed by atoms with Crippen LogP contribution in [0.5, 0.6) is 0 Å². The monoisotopic (exact) mass is 414 g/mol. The van der Waals surface area contributed by atoms with Gasteiger partial charge in [-0.05, 0) is 70.9 Å². The summed E-state index contributed by atoms with van der Waals surface area (Å²) in [6.45, 7) is 2.26. The lowest BCUT2D eigenvalue weighted by atomic mass is 9.87. The highest BCUT2D eigenvalue weighted by Gasteiger charge is 2.20. The summed E-state index contributed by atoms with van der Waals surface area (Å²) >= 11 is 3.27. The third-order valence-electron chi connectivity index (χ3n) is 4.88. The van der Waals surface area contributed by atoms with Crippen molar-refractivity contribution in [3.05, 3.63) is 57.4 Å². The second-order valence-electron chi connectivity index (χ2n) is 6.83. The highest BCUT2D eigenvalue weighted by atomic mass is 79.9. The molecule has 6 nitrogen and oxygen atoms in total. The molecule has 2 amide bonds. The van der Waals surface area contributed by atoms with Crippen molar-refractivity contribution in [1.29, 1.82) is 0 Å². The zero-order chi connectivity index (χ0) is 18.3. The molecule has 0 radical (unpaired) electrons. The quantitative estimate of drug-likeness (QED) is 0.483. The van der Waals surface area contributed by atoms with Gasteiger partial charge in [0.1, 0.15) is 5.69 Å². The number of halogens is 1. The molecule has 2 heterocycles. The van der Waals surface area contributed by atoms with E-state index in [0.29, 0.717) is 17.2 Å². The minimum atomic E-state index is -0.405. The fourth-order valence-corrected chi connectivity index (χ4v) is 3.83. The van der Waals surface area contributed by atoms with Crippen LogP contribution < -0.4 is 10.9 Å². The van der Waals surface area contributed by atoms with Crippen LogP contribution in [0, 0.1) is 5.92 Å². The molecule has 7 heteroatoms. The van der Waals surface area contributed by atoms with Crippen LogP contribution in [0.15, 0.2) is 34.9 Å². The third-order valence-corrected chi connectivity index (χ3v) is 5.34. The zero-order valence-corrected chi connectivity index (χ0v) is 15.9. The van der Waals surface area contributed by atoms with Crippen LogP contribution in [0.2, 0.25) is 0 Å². The summed E-state index contributed by atoms with van der Waals surface area (Å²) in [5, 5.41) is 1.10. The number of carbonyl (C=O) groups is 2. The van der Waals surface area contributed by atoms with Crippen LogP contribution in [0.3, 0.4) is 0 Å². The topological polar surface area (TPSA) is 89.8 Å². The van der Waals surface area contributed by atoms with E-state index in [9.17, 15) is 9.59 Å². The molecule has 1 aliphatic rings. The molecule has 0 spiro atoms. The first kappa shape index (κ1) is 16.9. The number of aromatic nitrogens is 2. The number of benzene rings is 1. The normalized spacial score (nSPS) is 16.3. The number of fused-ring (bicyclic) bond motifs is 3. The first-order chi connectivity index (χ1) is 12.5. The molecule has 1 aromatic carbocycles. The van der Waals surface area contributed by atoms with E-state index in [-0.39, 0.29) is 5.91 Å². The van der Waals surface area contributed by atoms with Crippen LogP contribution >= 0.6 is 15.9 Å². The summed E-state index contributed by atoms with van der Waals surface area (Å²) in [7, 11) is 0. The summed E-state index contributed by atoms with van der Waals surface area (Å²) in [6, 6.07) is 7.23. The summed E-state index contributed by atoms with van der Waals surface area (Å²) in [4.78, 5) is 30.7. The maximum atomic E-state index is 12.4. The lowest BCUT2D eigenvalue weighted by Crippen LogP contribution is -2.41. The number of amides is 2. The predicted octanol–water partition coefficient (Wildman–Crippen LogP) is 3.46. The Kier molecular flexibility index (Phi) is 4.32. The van der Waals surface area contributed by atoms with Crippen LogP contribution in [-0.4, -0.2) is 21.8 Å². The third kappa shape index (κ3) is 3.14. The van der Waals surface area contributed by atoms with Gasteiger partial charge < -0.3 is 9.97 Å². The van der Waals surface area contributed by atoms with Gasteiger partial charge in [-0.15, -0.1) is 0 Å². The lowest BCUT2D eigenvalue weighted by molar-refractivity contribution is 0.0844. The summed E-state index contributed by atoms with van der Waals surface area (Å²) in [6.07, 6.45) is 4.92. The molecule has 3 aromatic rings. The van der Waals surface area contributed by atoms with Crippen molar-refractivity contribution >= 4 is 38.6 Å². The fraction of sp³-hybridized carbons (Fsp3) is 0.263. The SMILES string of the molecule is CC1CCc2[nH]c3ccc(C(=O)NNC(=O)c4cc(Br)c[nH]4)cc3c2C1. The van der Waals surface area contributed by atoms with Gasteiger partial charge in [0.25, 0.3) is 11.8 Å². The number of hydrogen-bond donors (Lipinski definition) is 4. The number of carbonyl (C=O) groups excluding carboxylic acids is 2. The Balaban J connectivity index is 1.52. The molecule has 0 saturated carbocycles. The van der Waals surface area contributed by atoms with Crippen molar-refractivity contribution < 1.29 is 9.59 Å². The van der Waals surface area contributed by atoms with Crippen molar-refractivity contribution in [2.75, 3.05) is 0 Å². The van der Waals surface area contributed by atoms with Crippen LogP contribution in [0.25, 0.3) is 10.9 Å². The van der Waals surface area contributed by atoms with Crippen molar-refractivity contribution in [3.8, 4) is 0 Å². The molecule has 0 aliphatic heterocycles. The van der Waals surface area contributed by atoms with Gasteiger partial charge in [0.05, 0.1) is 0 Å². The van der Waals surface area contributed by atoms with E-state index in [0.717, 1.165) is 28.2 Å². The number of rotatable bonds is 2. The first-order valence-electron chi connectivity index (χ1n) is 8.59. The molecule has 4 N–H and O–H groups in total. The molecular formula is C19H19BrN4O2. The number of aromatic amines is 2. The average molecular weight is 415 g/mol. The largest absolute Gasteiger partial charge is 0.358 e. The van der Waals surface area contributed by atoms with Gasteiger partial charge in [0.2, 0.25) is 0 Å². The minimum absolute atomic E-state index is 0.343. The Morgan fingerprint density at radius 3 is 2.77 bits per heavy atom. The van der Waals surface area contributed by atoms with Gasteiger partial charge in [-0.2, -0.15) is 0 Å². The molecule has 1 aliphatic carbocycles. The zero-order valence-electron chi connectivity index (χ0n) is 14.3. The van der Waals surface area contributed by atoms with Crippen LogP contribution in [0.4, 0.5) is 0 Å². The Morgan fingerprint density at radius 1 is 1.19 bits per heavy atom. The molecule has 26 heavy (non-hydrogen) atoms. The van der Waals surface area contributed by atoms with Crippen molar-refractivity contribution in [1.82, 2.24) is 20.8 Å². The molecule has 2 aromatic heterocycles. The fourth-order valence-electron chi connectivity index (χ4n) is 3.48. The Hall–Kier alpha value is -2.54. The Bertz CT molecular complexity index is 1000. The number of nitrogens with one attached hydrogen (secondary N) is 4. The Labute approximate surface area is 158 Å². The molecule has 0 fully saturated rings. The maximum absolute atomic E-state index is 12.4. The molecular weight excluding hydrogens is 396 g/mol. The smallest absolute Gasteiger partial charge is 0.286 e. The average Bonchev–Trinajstić information content (AvgIpc) is 3.22. The van der Waals surface area contributed by atoms with Crippen molar-refractivity contribution in [2.45, 2.75) is 26.2 Å². The maximum Gasteiger partial charge on any atom is 0.286 e.